The molecular weight excluding hydrogens is 390 g/mol. The van der Waals surface area contributed by atoms with Gasteiger partial charge in [0.1, 0.15) is 17.9 Å². The number of amides is 3. The van der Waals surface area contributed by atoms with Crippen LogP contribution in [-0.2, 0) is 4.79 Å². The quantitative estimate of drug-likeness (QED) is 0.814. The van der Waals surface area contributed by atoms with Gasteiger partial charge in [0, 0.05) is 37.4 Å². The molecule has 0 bridgehead atoms. The van der Waals surface area contributed by atoms with Crippen LogP contribution >= 0.6 is 11.3 Å². The van der Waals surface area contributed by atoms with Gasteiger partial charge in [-0.1, -0.05) is 12.1 Å². The van der Waals surface area contributed by atoms with Gasteiger partial charge in [-0.25, -0.2) is 0 Å². The Bertz CT molecular complexity index is 986. The standard InChI is InChI=1S/C21H23N3O4S/c1-13-8-14(10-29-13)19(26)24-9-16(20(27)23(2)3)21(11-24)12-28-17-7-5-4-6-15(17)18(25)22-21/h4-8,10,16H,9,11-12H2,1-3H3,(H,22,25)/t16-,21-/m1/s1. The summed E-state index contributed by atoms with van der Waals surface area (Å²) in [5.74, 6) is -0.693. The SMILES string of the molecule is Cc1cc(C(=O)N2C[C@H](C(=O)N(C)C)[C@]3(COc4ccccc4C(=O)N3)C2)cs1. The van der Waals surface area contributed by atoms with Crippen molar-refractivity contribution >= 4 is 29.1 Å². The van der Waals surface area contributed by atoms with E-state index >= 15 is 0 Å². The molecule has 2 atom stereocenters. The summed E-state index contributed by atoms with van der Waals surface area (Å²) in [5, 5.41) is 4.86. The number of para-hydroxylation sites is 1. The molecule has 3 heterocycles. The van der Waals surface area contributed by atoms with Gasteiger partial charge in [-0.2, -0.15) is 0 Å². The molecule has 2 aliphatic heterocycles. The molecule has 8 heteroatoms. The van der Waals surface area contributed by atoms with Gasteiger partial charge in [0.25, 0.3) is 11.8 Å². The summed E-state index contributed by atoms with van der Waals surface area (Å²) in [7, 11) is 3.35. The minimum atomic E-state index is -0.988. The van der Waals surface area contributed by atoms with Crippen molar-refractivity contribution in [3.05, 3.63) is 51.7 Å². The Morgan fingerprint density at radius 3 is 2.76 bits per heavy atom. The maximum absolute atomic E-state index is 13.1. The maximum Gasteiger partial charge on any atom is 0.255 e. The van der Waals surface area contributed by atoms with Crippen LogP contribution in [0.4, 0.5) is 0 Å². The van der Waals surface area contributed by atoms with E-state index in [1.54, 1.807) is 43.3 Å². The van der Waals surface area contributed by atoms with Gasteiger partial charge >= 0.3 is 0 Å². The van der Waals surface area contributed by atoms with E-state index in [4.69, 9.17) is 4.74 Å². The topological polar surface area (TPSA) is 79.0 Å². The van der Waals surface area contributed by atoms with E-state index < -0.39 is 11.5 Å². The lowest BCUT2D eigenvalue weighted by Gasteiger charge is -2.33. The molecule has 1 saturated heterocycles. The predicted molar refractivity (Wildman–Crippen MR) is 109 cm³/mol. The molecule has 152 valence electrons. The summed E-state index contributed by atoms with van der Waals surface area (Å²) in [4.78, 5) is 43.2. The highest BCUT2D eigenvalue weighted by molar-refractivity contribution is 7.10. The van der Waals surface area contributed by atoms with Gasteiger partial charge in [-0.3, -0.25) is 14.4 Å². The number of rotatable bonds is 2. The van der Waals surface area contributed by atoms with Crippen LogP contribution in [0.2, 0.25) is 0 Å². The highest BCUT2D eigenvalue weighted by Crippen LogP contribution is 2.35. The van der Waals surface area contributed by atoms with Crippen LogP contribution in [0.3, 0.4) is 0 Å². The molecule has 2 aliphatic rings. The van der Waals surface area contributed by atoms with E-state index in [1.807, 2.05) is 18.4 Å². The Morgan fingerprint density at radius 1 is 1.31 bits per heavy atom. The number of likely N-dealkylation sites (tertiary alicyclic amines) is 1. The molecule has 1 aromatic heterocycles. The number of carbonyl (C=O) groups is 3. The lowest BCUT2D eigenvalue weighted by Crippen LogP contribution is -2.60. The van der Waals surface area contributed by atoms with E-state index in [-0.39, 0.29) is 37.4 Å². The molecule has 3 amide bonds. The number of benzene rings is 1. The monoisotopic (exact) mass is 413 g/mol. The van der Waals surface area contributed by atoms with Crippen molar-refractivity contribution in [2.75, 3.05) is 33.8 Å². The van der Waals surface area contributed by atoms with Gasteiger partial charge < -0.3 is 19.9 Å². The zero-order valence-corrected chi connectivity index (χ0v) is 17.4. The van der Waals surface area contributed by atoms with E-state index in [0.717, 1.165) is 4.88 Å². The Kier molecular flexibility index (Phi) is 4.82. The van der Waals surface area contributed by atoms with Crippen molar-refractivity contribution in [3.8, 4) is 5.75 Å². The van der Waals surface area contributed by atoms with Gasteiger partial charge in [-0.05, 0) is 25.1 Å². The third-order valence-corrected chi connectivity index (χ3v) is 6.39. The number of aryl methyl sites for hydroxylation is 1. The first-order valence-corrected chi connectivity index (χ1v) is 10.3. The molecule has 0 aliphatic carbocycles. The highest BCUT2D eigenvalue weighted by atomic mass is 32.1. The number of carbonyl (C=O) groups excluding carboxylic acids is 3. The zero-order chi connectivity index (χ0) is 20.8. The molecule has 0 unspecified atom stereocenters. The Morgan fingerprint density at radius 2 is 2.07 bits per heavy atom. The van der Waals surface area contributed by atoms with Gasteiger partial charge in [-0.15, -0.1) is 11.3 Å². The first-order chi connectivity index (χ1) is 13.8. The lowest BCUT2D eigenvalue weighted by molar-refractivity contribution is -0.134. The molecule has 29 heavy (non-hydrogen) atoms. The predicted octanol–water partition coefficient (Wildman–Crippen LogP) is 1.78. The summed E-state index contributed by atoms with van der Waals surface area (Å²) in [6.45, 7) is 2.50. The van der Waals surface area contributed by atoms with E-state index in [0.29, 0.717) is 16.9 Å². The fourth-order valence-corrected chi connectivity index (χ4v) is 4.70. The average Bonchev–Trinajstić information content (AvgIpc) is 3.25. The lowest BCUT2D eigenvalue weighted by atomic mass is 9.86. The second kappa shape index (κ2) is 7.18. The number of ether oxygens (including phenoxy) is 1. The number of hydrogen-bond donors (Lipinski definition) is 1. The number of nitrogens with one attached hydrogen (secondary N) is 1. The molecular formula is C21H23N3O4S. The first-order valence-electron chi connectivity index (χ1n) is 9.41. The largest absolute Gasteiger partial charge is 0.490 e. The van der Waals surface area contributed by atoms with Crippen molar-refractivity contribution in [3.63, 3.8) is 0 Å². The fraction of sp³-hybridized carbons (Fsp3) is 0.381. The number of nitrogens with zero attached hydrogens (tertiary/aromatic N) is 2. The summed E-state index contributed by atoms with van der Waals surface area (Å²) in [6, 6.07) is 8.85. The third kappa shape index (κ3) is 3.37. The van der Waals surface area contributed by atoms with Crippen LogP contribution in [0, 0.1) is 12.8 Å². The van der Waals surface area contributed by atoms with Crippen molar-refractivity contribution in [1.82, 2.24) is 15.1 Å². The van der Waals surface area contributed by atoms with Gasteiger partial charge in [0.05, 0.1) is 17.0 Å². The average molecular weight is 413 g/mol. The molecule has 0 saturated carbocycles. The van der Waals surface area contributed by atoms with Crippen LogP contribution in [-0.4, -0.2) is 66.9 Å². The van der Waals surface area contributed by atoms with E-state index in [9.17, 15) is 14.4 Å². The second-order valence-corrected chi connectivity index (χ2v) is 8.93. The van der Waals surface area contributed by atoms with Crippen LogP contribution in [0.1, 0.15) is 25.6 Å². The first kappa shape index (κ1) is 19.4. The molecule has 1 spiro atoms. The summed E-state index contributed by atoms with van der Waals surface area (Å²) < 4.78 is 5.96. The van der Waals surface area contributed by atoms with Crippen molar-refractivity contribution < 1.29 is 19.1 Å². The van der Waals surface area contributed by atoms with Crippen molar-refractivity contribution in [2.24, 2.45) is 5.92 Å². The minimum absolute atomic E-state index is 0.118. The minimum Gasteiger partial charge on any atom is -0.490 e. The van der Waals surface area contributed by atoms with Gasteiger partial charge in [0.15, 0.2) is 0 Å². The van der Waals surface area contributed by atoms with Gasteiger partial charge in [0.2, 0.25) is 5.91 Å². The third-order valence-electron chi connectivity index (χ3n) is 5.53. The summed E-state index contributed by atoms with van der Waals surface area (Å²) in [6.07, 6.45) is 0. The summed E-state index contributed by atoms with van der Waals surface area (Å²) in [5.41, 5.74) is 0.0430. The van der Waals surface area contributed by atoms with Crippen molar-refractivity contribution in [2.45, 2.75) is 12.5 Å². The molecule has 7 nitrogen and oxygen atoms in total. The van der Waals surface area contributed by atoms with Crippen molar-refractivity contribution in [1.29, 1.82) is 0 Å². The normalized spacial score (nSPS) is 23.2. The number of hydrogen-bond acceptors (Lipinski definition) is 5. The molecule has 2 aromatic rings. The smallest absolute Gasteiger partial charge is 0.255 e. The molecule has 1 N–H and O–H groups in total. The molecule has 0 radical (unpaired) electrons. The number of fused-ring (bicyclic) bond motifs is 1. The molecule has 1 fully saturated rings. The van der Waals surface area contributed by atoms with Crippen LogP contribution in [0.25, 0.3) is 0 Å². The van der Waals surface area contributed by atoms with Crippen LogP contribution in [0.15, 0.2) is 35.7 Å². The fourth-order valence-electron chi connectivity index (χ4n) is 4.02. The second-order valence-electron chi connectivity index (χ2n) is 7.81. The summed E-state index contributed by atoms with van der Waals surface area (Å²) >= 11 is 1.51. The Labute approximate surface area is 173 Å². The van der Waals surface area contributed by atoms with Crippen LogP contribution in [0.5, 0.6) is 5.75 Å². The Hall–Kier alpha value is -2.87. The molecule has 4 rings (SSSR count). The maximum atomic E-state index is 13.1. The highest BCUT2D eigenvalue weighted by Gasteiger charge is 2.54. The molecule has 1 aromatic carbocycles. The Balaban J connectivity index is 1.69. The van der Waals surface area contributed by atoms with E-state index in [2.05, 4.69) is 5.32 Å². The van der Waals surface area contributed by atoms with E-state index in [1.165, 1.54) is 16.2 Å². The number of thiophene rings is 1. The van der Waals surface area contributed by atoms with Crippen LogP contribution < -0.4 is 10.1 Å². The zero-order valence-electron chi connectivity index (χ0n) is 16.6.